The molecule has 0 spiro atoms. The summed E-state index contributed by atoms with van der Waals surface area (Å²) in [6.07, 6.45) is 2.62. The summed E-state index contributed by atoms with van der Waals surface area (Å²) in [5.41, 5.74) is 0.311. The van der Waals surface area contributed by atoms with E-state index in [0.717, 1.165) is 0 Å². The van der Waals surface area contributed by atoms with Crippen molar-refractivity contribution in [3.8, 4) is 6.07 Å². The Morgan fingerprint density at radius 1 is 1.41 bits per heavy atom. The van der Waals surface area contributed by atoms with Crippen LogP contribution in [0.1, 0.15) is 0 Å². The molecule has 0 saturated heterocycles. The van der Waals surface area contributed by atoms with Crippen molar-refractivity contribution in [3.63, 3.8) is 0 Å². The van der Waals surface area contributed by atoms with Crippen molar-refractivity contribution < 1.29 is 17.9 Å². The van der Waals surface area contributed by atoms with E-state index < -0.39 is 16.0 Å². The number of rotatable bonds is 7. The molecular weight excluding hydrogens is 306 g/mol. The molecule has 0 aromatic heterocycles. The molecule has 1 rings (SSSR count). The fraction of sp³-hybridized carbons (Fsp3) is 0.143. The number of nitrogens with zero attached hydrogens (tertiary/aromatic N) is 1. The number of ether oxygens (including phenoxy) is 1. The van der Waals surface area contributed by atoms with Gasteiger partial charge in [-0.3, -0.25) is 0 Å². The number of nitriles is 1. The number of esters is 1. The molecule has 0 atom stereocenters. The normalized spacial score (nSPS) is 11.4. The lowest BCUT2D eigenvalue weighted by Crippen LogP contribution is -2.23. The molecule has 0 aliphatic heterocycles. The molecule has 0 fully saturated rings. The second-order valence-corrected chi connectivity index (χ2v) is 5.74. The van der Waals surface area contributed by atoms with Gasteiger partial charge in [0.15, 0.2) is 5.57 Å². The van der Waals surface area contributed by atoms with Crippen molar-refractivity contribution in [1.29, 1.82) is 5.26 Å². The van der Waals surface area contributed by atoms with Gasteiger partial charge in [0.25, 0.3) is 0 Å². The number of sulfonamides is 1. The molecule has 0 unspecified atom stereocenters. The van der Waals surface area contributed by atoms with Crippen molar-refractivity contribution in [3.05, 3.63) is 48.7 Å². The number of hydrogen-bond acceptors (Lipinski definition) is 6. The predicted molar refractivity (Wildman–Crippen MR) is 81.2 cm³/mol. The van der Waals surface area contributed by atoms with E-state index in [9.17, 15) is 13.2 Å². The second-order valence-electron chi connectivity index (χ2n) is 3.97. The molecule has 0 radical (unpaired) electrons. The van der Waals surface area contributed by atoms with Crippen molar-refractivity contribution in [1.82, 2.24) is 4.72 Å². The lowest BCUT2D eigenvalue weighted by Gasteiger charge is -2.06. The predicted octanol–water partition coefficient (Wildman–Crippen LogP) is 1.14. The molecule has 1 aromatic rings. The first-order chi connectivity index (χ1) is 10.4. The minimum absolute atomic E-state index is 0.0948. The van der Waals surface area contributed by atoms with Crippen LogP contribution in [0.4, 0.5) is 5.69 Å². The summed E-state index contributed by atoms with van der Waals surface area (Å²) in [5.74, 6) is -0.761. The van der Waals surface area contributed by atoms with E-state index >= 15 is 0 Å². The van der Waals surface area contributed by atoms with E-state index in [1.165, 1.54) is 43.7 Å². The lowest BCUT2D eigenvalue weighted by molar-refractivity contribution is -0.135. The molecule has 22 heavy (non-hydrogen) atoms. The number of nitrogens with one attached hydrogen (secondary N) is 2. The number of anilines is 1. The summed E-state index contributed by atoms with van der Waals surface area (Å²) in [5, 5.41) is 11.5. The Labute approximate surface area is 128 Å². The first kappa shape index (κ1) is 17.4. The maximum Gasteiger partial charge on any atom is 0.350 e. The van der Waals surface area contributed by atoms with Gasteiger partial charge in [-0.15, -0.1) is 6.58 Å². The Bertz CT molecular complexity index is 715. The number of methoxy groups -OCH3 is 1. The largest absolute Gasteiger partial charge is 0.465 e. The van der Waals surface area contributed by atoms with Crippen molar-refractivity contribution >= 4 is 21.7 Å². The number of carbonyl (C=O) groups excluding carboxylic acids is 1. The third-order valence-electron chi connectivity index (χ3n) is 2.49. The minimum atomic E-state index is -3.58. The van der Waals surface area contributed by atoms with E-state index in [1.807, 2.05) is 0 Å². The highest BCUT2D eigenvalue weighted by molar-refractivity contribution is 7.89. The van der Waals surface area contributed by atoms with Gasteiger partial charge in [-0.1, -0.05) is 6.08 Å². The van der Waals surface area contributed by atoms with E-state index in [-0.39, 0.29) is 17.0 Å². The zero-order valence-electron chi connectivity index (χ0n) is 11.9. The van der Waals surface area contributed by atoms with Crippen LogP contribution in [-0.4, -0.2) is 28.0 Å². The average molecular weight is 321 g/mol. The van der Waals surface area contributed by atoms with Crippen LogP contribution < -0.4 is 10.0 Å². The molecule has 0 bridgehead atoms. The SMILES string of the molecule is C=CCNS(=O)(=O)c1ccc(N/C=C(/C#N)C(=O)OC)cc1. The topological polar surface area (TPSA) is 108 Å². The highest BCUT2D eigenvalue weighted by atomic mass is 32.2. The molecule has 0 amide bonds. The van der Waals surface area contributed by atoms with Gasteiger partial charge in [-0.05, 0) is 24.3 Å². The Hall–Kier alpha value is -2.63. The van der Waals surface area contributed by atoms with Gasteiger partial charge in [-0.2, -0.15) is 5.26 Å². The molecule has 0 heterocycles. The van der Waals surface area contributed by atoms with Crippen LogP contribution in [0.15, 0.2) is 53.6 Å². The van der Waals surface area contributed by atoms with Crippen LogP contribution in [0, 0.1) is 11.3 Å². The Kier molecular flexibility index (Phi) is 6.31. The van der Waals surface area contributed by atoms with Crippen molar-refractivity contribution in [2.75, 3.05) is 19.0 Å². The second kappa shape index (κ2) is 7.97. The van der Waals surface area contributed by atoms with Crippen LogP contribution in [0.2, 0.25) is 0 Å². The van der Waals surface area contributed by atoms with E-state index in [2.05, 4.69) is 21.4 Å². The van der Waals surface area contributed by atoms with E-state index in [1.54, 1.807) is 6.07 Å². The smallest absolute Gasteiger partial charge is 0.350 e. The van der Waals surface area contributed by atoms with E-state index in [4.69, 9.17) is 5.26 Å². The summed E-state index contributed by atoms with van der Waals surface area (Å²) in [4.78, 5) is 11.3. The van der Waals surface area contributed by atoms with Gasteiger partial charge in [0.2, 0.25) is 10.0 Å². The van der Waals surface area contributed by atoms with Crippen LogP contribution in [0.25, 0.3) is 0 Å². The van der Waals surface area contributed by atoms with Crippen LogP contribution >= 0.6 is 0 Å². The molecule has 8 heteroatoms. The van der Waals surface area contributed by atoms with Crippen LogP contribution in [0.3, 0.4) is 0 Å². The molecule has 0 aliphatic carbocycles. The molecular formula is C14H15N3O4S. The summed E-state index contributed by atoms with van der Waals surface area (Å²) in [6.45, 7) is 3.57. The maximum atomic E-state index is 11.8. The number of hydrogen-bond donors (Lipinski definition) is 2. The molecule has 116 valence electrons. The lowest BCUT2D eigenvalue weighted by atomic mass is 10.3. The van der Waals surface area contributed by atoms with Gasteiger partial charge in [0.1, 0.15) is 6.07 Å². The Balaban J connectivity index is 2.86. The maximum absolute atomic E-state index is 11.8. The van der Waals surface area contributed by atoms with Crippen molar-refractivity contribution in [2.45, 2.75) is 4.90 Å². The zero-order valence-corrected chi connectivity index (χ0v) is 12.7. The molecule has 0 saturated carbocycles. The van der Waals surface area contributed by atoms with Crippen LogP contribution in [0.5, 0.6) is 0 Å². The average Bonchev–Trinajstić information content (AvgIpc) is 2.53. The monoisotopic (exact) mass is 321 g/mol. The fourth-order valence-corrected chi connectivity index (χ4v) is 2.38. The molecule has 1 aromatic carbocycles. The summed E-state index contributed by atoms with van der Waals surface area (Å²) in [6, 6.07) is 7.49. The third kappa shape index (κ3) is 4.73. The fourth-order valence-electron chi connectivity index (χ4n) is 1.38. The number of benzene rings is 1. The van der Waals surface area contributed by atoms with Gasteiger partial charge >= 0.3 is 5.97 Å². The summed E-state index contributed by atoms with van der Waals surface area (Å²) >= 11 is 0. The summed E-state index contributed by atoms with van der Waals surface area (Å²) in [7, 11) is -2.41. The van der Waals surface area contributed by atoms with Gasteiger partial charge < -0.3 is 10.1 Å². The highest BCUT2D eigenvalue weighted by Gasteiger charge is 2.12. The first-order valence-electron chi connectivity index (χ1n) is 6.10. The third-order valence-corrected chi connectivity index (χ3v) is 3.93. The molecule has 7 nitrogen and oxygen atoms in total. The Morgan fingerprint density at radius 3 is 2.55 bits per heavy atom. The summed E-state index contributed by atoms with van der Waals surface area (Å²) < 4.78 is 30.5. The van der Waals surface area contributed by atoms with Gasteiger partial charge in [0, 0.05) is 18.4 Å². The quantitative estimate of drug-likeness (QED) is 0.337. The highest BCUT2D eigenvalue weighted by Crippen LogP contribution is 2.14. The zero-order chi connectivity index (χ0) is 16.6. The Morgan fingerprint density at radius 2 is 2.05 bits per heavy atom. The van der Waals surface area contributed by atoms with Crippen molar-refractivity contribution in [2.24, 2.45) is 0 Å². The van der Waals surface area contributed by atoms with Crippen LogP contribution in [-0.2, 0) is 19.6 Å². The standard InChI is InChI=1S/C14H15N3O4S/c1-3-8-17-22(19,20)13-6-4-12(5-7-13)16-10-11(9-15)14(18)21-2/h3-7,10,16-17H,1,8H2,2H3/b11-10-. The minimum Gasteiger partial charge on any atom is -0.465 e. The molecule has 0 aliphatic rings. The number of carbonyl (C=O) groups is 1. The molecule has 2 N–H and O–H groups in total. The van der Waals surface area contributed by atoms with Gasteiger partial charge in [-0.25, -0.2) is 17.9 Å². The van der Waals surface area contributed by atoms with E-state index in [0.29, 0.717) is 5.69 Å². The first-order valence-corrected chi connectivity index (χ1v) is 7.58. The van der Waals surface area contributed by atoms with Gasteiger partial charge in [0.05, 0.1) is 12.0 Å².